The van der Waals surface area contributed by atoms with Crippen molar-refractivity contribution in [3.8, 4) is 51.4 Å². The van der Waals surface area contributed by atoms with Crippen molar-refractivity contribution >= 4 is 17.6 Å². The molecule has 0 aliphatic rings. The van der Waals surface area contributed by atoms with E-state index in [9.17, 15) is 9.59 Å². The summed E-state index contributed by atoms with van der Waals surface area (Å²) in [6.45, 7) is 0. The van der Waals surface area contributed by atoms with Gasteiger partial charge in [-0.05, 0) is 35.4 Å². The van der Waals surface area contributed by atoms with Crippen LogP contribution in [-0.2, 0) is 0 Å². The highest BCUT2D eigenvalue weighted by atomic mass is 16.5. The summed E-state index contributed by atoms with van der Waals surface area (Å²) < 4.78 is 37.4. The number of carbonyl (C=O) groups excluding carboxylic acids is 2. The number of amides is 1. The Balaban J connectivity index is 1.46. The Morgan fingerprint density at radius 3 is 1.38 bits per heavy atom. The molecular formula is C32H31NO9. The number of esters is 1. The van der Waals surface area contributed by atoms with Crippen molar-refractivity contribution in [3.63, 3.8) is 0 Å². The van der Waals surface area contributed by atoms with Crippen LogP contribution in [0.25, 0.3) is 11.1 Å². The quantitative estimate of drug-likeness (QED) is 0.174. The fraction of sp³-hybridized carbons (Fsp3) is 0.188. The average molecular weight is 574 g/mol. The standard InChI is InChI=1S/C32H31NO9/c1-36-25-17-29(40-5)27(38-3)15-23(25)31(34)33-21-11-7-19(8-12-21)20-9-13-22(14-10-20)42-32(35)24-16-28(39-4)30(41-6)18-26(24)37-2/h7-18H,1-6H3,(H,33,34). The number of anilines is 1. The Bertz CT molecular complexity index is 1450. The lowest BCUT2D eigenvalue weighted by atomic mass is 10.1. The summed E-state index contributed by atoms with van der Waals surface area (Å²) >= 11 is 0. The van der Waals surface area contributed by atoms with Gasteiger partial charge in [0.2, 0.25) is 0 Å². The molecule has 0 aromatic heterocycles. The third-order valence-electron chi connectivity index (χ3n) is 6.42. The molecule has 0 fully saturated rings. The number of benzene rings is 4. The van der Waals surface area contributed by atoms with Crippen molar-refractivity contribution in [1.29, 1.82) is 0 Å². The zero-order chi connectivity index (χ0) is 30.2. The van der Waals surface area contributed by atoms with Crippen molar-refractivity contribution in [2.75, 3.05) is 48.0 Å². The molecule has 218 valence electrons. The van der Waals surface area contributed by atoms with E-state index in [0.717, 1.165) is 11.1 Å². The highest BCUT2D eigenvalue weighted by molar-refractivity contribution is 6.06. The second-order valence-corrected chi connectivity index (χ2v) is 8.76. The largest absolute Gasteiger partial charge is 0.496 e. The molecule has 0 radical (unpaired) electrons. The van der Waals surface area contributed by atoms with Crippen molar-refractivity contribution < 1.29 is 42.7 Å². The molecule has 0 saturated carbocycles. The summed E-state index contributed by atoms with van der Waals surface area (Å²) in [6.07, 6.45) is 0. The minimum atomic E-state index is -0.605. The van der Waals surface area contributed by atoms with Gasteiger partial charge in [-0.3, -0.25) is 4.79 Å². The Labute approximate surface area is 243 Å². The molecular weight excluding hydrogens is 542 g/mol. The molecule has 1 N–H and O–H groups in total. The van der Waals surface area contributed by atoms with E-state index in [2.05, 4.69) is 5.32 Å². The highest BCUT2D eigenvalue weighted by Crippen LogP contribution is 2.36. The molecule has 0 bridgehead atoms. The molecule has 10 nitrogen and oxygen atoms in total. The first-order chi connectivity index (χ1) is 20.3. The van der Waals surface area contributed by atoms with E-state index in [-0.39, 0.29) is 11.5 Å². The van der Waals surface area contributed by atoms with Gasteiger partial charge in [0.15, 0.2) is 23.0 Å². The Morgan fingerprint density at radius 2 is 0.905 bits per heavy atom. The number of nitrogens with one attached hydrogen (secondary N) is 1. The first-order valence-electron chi connectivity index (χ1n) is 12.7. The van der Waals surface area contributed by atoms with Gasteiger partial charge in [-0.1, -0.05) is 24.3 Å². The van der Waals surface area contributed by atoms with E-state index >= 15 is 0 Å². The second kappa shape index (κ2) is 13.3. The minimum Gasteiger partial charge on any atom is -0.496 e. The minimum absolute atomic E-state index is 0.197. The van der Waals surface area contributed by atoms with E-state index in [1.165, 1.54) is 48.7 Å². The lowest BCUT2D eigenvalue weighted by molar-refractivity contribution is 0.0730. The van der Waals surface area contributed by atoms with Gasteiger partial charge in [-0.15, -0.1) is 0 Å². The third kappa shape index (κ3) is 6.33. The average Bonchev–Trinajstić information content (AvgIpc) is 3.03. The number of carbonyl (C=O) groups is 2. The molecule has 0 spiro atoms. The van der Waals surface area contributed by atoms with E-state index in [0.29, 0.717) is 51.5 Å². The van der Waals surface area contributed by atoms with Gasteiger partial charge in [0.1, 0.15) is 22.8 Å². The van der Waals surface area contributed by atoms with Gasteiger partial charge in [-0.25, -0.2) is 4.79 Å². The topological polar surface area (TPSA) is 111 Å². The van der Waals surface area contributed by atoms with E-state index < -0.39 is 5.97 Å². The molecule has 0 saturated heterocycles. The normalized spacial score (nSPS) is 10.3. The summed E-state index contributed by atoms with van der Waals surface area (Å²) in [5.41, 5.74) is 2.88. The lowest BCUT2D eigenvalue weighted by Gasteiger charge is -2.14. The Hall–Kier alpha value is -5.38. The maximum absolute atomic E-state index is 13.0. The van der Waals surface area contributed by atoms with Crippen LogP contribution in [0.5, 0.6) is 40.2 Å². The maximum atomic E-state index is 13.0. The summed E-state index contributed by atoms with van der Waals surface area (Å²) in [5, 5.41) is 2.87. The number of methoxy groups -OCH3 is 6. The fourth-order valence-corrected chi connectivity index (χ4v) is 4.22. The van der Waals surface area contributed by atoms with Gasteiger partial charge >= 0.3 is 5.97 Å². The molecule has 0 aliphatic heterocycles. The van der Waals surface area contributed by atoms with Crippen LogP contribution in [0.3, 0.4) is 0 Å². The molecule has 1 amide bonds. The predicted molar refractivity (Wildman–Crippen MR) is 157 cm³/mol. The van der Waals surface area contributed by atoms with Gasteiger partial charge in [0, 0.05) is 30.0 Å². The molecule has 0 heterocycles. The van der Waals surface area contributed by atoms with Crippen molar-refractivity contribution in [2.45, 2.75) is 0 Å². The number of hydrogen-bond acceptors (Lipinski definition) is 9. The summed E-state index contributed by atoms with van der Waals surface area (Å²) in [4.78, 5) is 25.9. The molecule has 4 aromatic rings. The zero-order valence-electron chi connectivity index (χ0n) is 24.1. The monoisotopic (exact) mass is 573 g/mol. The zero-order valence-corrected chi connectivity index (χ0v) is 24.1. The number of hydrogen-bond donors (Lipinski definition) is 1. The van der Waals surface area contributed by atoms with E-state index in [4.69, 9.17) is 33.2 Å². The van der Waals surface area contributed by atoms with Gasteiger partial charge in [-0.2, -0.15) is 0 Å². The van der Waals surface area contributed by atoms with Crippen LogP contribution in [-0.4, -0.2) is 54.5 Å². The summed E-state index contributed by atoms with van der Waals surface area (Å²) in [7, 11) is 8.92. The van der Waals surface area contributed by atoms with Crippen LogP contribution in [0.2, 0.25) is 0 Å². The smallest absolute Gasteiger partial charge is 0.347 e. The van der Waals surface area contributed by atoms with E-state index in [1.54, 1.807) is 42.5 Å². The van der Waals surface area contributed by atoms with Gasteiger partial charge in [0.25, 0.3) is 5.91 Å². The molecule has 0 atom stereocenters. The van der Waals surface area contributed by atoms with Crippen molar-refractivity contribution in [2.24, 2.45) is 0 Å². The van der Waals surface area contributed by atoms with Crippen LogP contribution in [0.4, 0.5) is 5.69 Å². The molecule has 0 unspecified atom stereocenters. The molecule has 0 aliphatic carbocycles. The van der Waals surface area contributed by atoms with Crippen LogP contribution in [0, 0.1) is 0 Å². The fourth-order valence-electron chi connectivity index (χ4n) is 4.22. The van der Waals surface area contributed by atoms with Crippen LogP contribution >= 0.6 is 0 Å². The maximum Gasteiger partial charge on any atom is 0.347 e. The first-order valence-corrected chi connectivity index (χ1v) is 12.7. The summed E-state index contributed by atoms with van der Waals surface area (Å²) in [6, 6.07) is 20.6. The Kier molecular flexibility index (Phi) is 9.39. The van der Waals surface area contributed by atoms with Crippen LogP contribution in [0.1, 0.15) is 20.7 Å². The lowest BCUT2D eigenvalue weighted by Crippen LogP contribution is -2.13. The summed E-state index contributed by atoms with van der Waals surface area (Å²) in [5.74, 6) is 1.72. The van der Waals surface area contributed by atoms with Gasteiger partial charge < -0.3 is 38.5 Å². The van der Waals surface area contributed by atoms with Crippen LogP contribution in [0.15, 0.2) is 72.8 Å². The second-order valence-electron chi connectivity index (χ2n) is 8.76. The van der Waals surface area contributed by atoms with Crippen molar-refractivity contribution in [1.82, 2.24) is 0 Å². The molecule has 4 rings (SSSR count). The van der Waals surface area contributed by atoms with Crippen molar-refractivity contribution in [3.05, 3.63) is 83.9 Å². The SMILES string of the molecule is COc1cc(OC)c(C(=O)Nc2ccc(-c3ccc(OC(=O)c4cc(OC)c(OC)cc4OC)cc3)cc2)cc1OC. The Morgan fingerprint density at radius 1 is 0.500 bits per heavy atom. The molecule has 4 aromatic carbocycles. The third-order valence-corrected chi connectivity index (χ3v) is 6.42. The predicted octanol–water partition coefficient (Wildman–Crippen LogP) is 5.88. The number of ether oxygens (including phenoxy) is 7. The number of rotatable bonds is 11. The van der Waals surface area contributed by atoms with E-state index in [1.807, 2.05) is 24.3 Å². The highest BCUT2D eigenvalue weighted by Gasteiger charge is 2.20. The first kappa shape index (κ1) is 29.6. The van der Waals surface area contributed by atoms with Gasteiger partial charge in [0.05, 0.1) is 48.2 Å². The molecule has 42 heavy (non-hydrogen) atoms. The van der Waals surface area contributed by atoms with Crippen LogP contribution < -0.4 is 38.5 Å². The molecule has 10 heteroatoms.